The van der Waals surface area contributed by atoms with Gasteiger partial charge in [-0.2, -0.15) is 0 Å². The second kappa shape index (κ2) is 23.4. The minimum absolute atomic E-state index is 0.723. The standard InChI is InChI=1S/4C6H13O.Hf/c4*1-2-3-4-5-6-7;/h4*2-6H2,1H3;/q4*-1;+4. The third kappa shape index (κ3) is 19.1. The Hall–Kier alpha value is 0.710. The van der Waals surface area contributed by atoms with Gasteiger partial charge in [-0.1, -0.05) is 0 Å². The van der Waals surface area contributed by atoms with Crippen LogP contribution in [0.4, 0.5) is 0 Å². The molecule has 0 aliphatic rings. The van der Waals surface area contributed by atoms with Crippen LogP contribution in [0.1, 0.15) is 130 Å². The zero-order chi connectivity index (χ0) is 21.5. The predicted octanol–water partition coefficient (Wildman–Crippen LogP) is 8.19. The van der Waals surface area contributed by atoms with E-state index >= 15 is 0 Å². The summed E-state index contributed by atoms with van der Waals surface area (Å²) in [6, 6.07) is 0. The van der Waals surface area contributed by atoms with E-state index in [1.165, 1.54) is 77.0 Å². The van der Waals surface area contributed by atoms with E-state index in [9.17, 15) is 0 Å². The first-order chi connectivity index (χ1) is 14.2. The molecule has 0 saturated heterocycles. The molecule has 0 aromatic rings. The molecule has 176 valence electrons. The molecule has 4 nitrogen and oxygen atoms in total. The summed E-state index contributed by atoms with van der Waals surface area (Å²) in [5.41, 5.74) is 0. The summed E-state index contributed by atoms with van der Waals surface area (Å²) in [5, 5.41) is 0. The maximum atomic E-state index is 6.35. The van der Waals surface area contributed by atoms with E-state index in [2.05, 4.69) is 27.7 Å². The van der Waals surface area contributed by atoms with E-state index in [0.717, 1.165) is 52.1 Å². The van der Waals surface area contributed by atoms with Crippen LogP contribution in [0.5, 0.6) is 0 Å². The molecule has 0 radical (unpaired) electrons. The van der Waals surface area contributed by atoms with Crippen molar-refractivity contribution >= 4 is 0 Å². The van der Waals surface area contributed by atoms with Gasteiger partial charge >= 0.3 is 190 Å². The Kier molecular flexibility index (Phi) is 23.9. The van der Waals surface area contributed by atoms with Gasteiger partial charge in [0.15, 0.2) is 0 Å². The van der Waals surface area contributed by atoms with E-state index in [1.54, 1.807) is 0 Å². The fourth-order valence-electron chi connectivity index (χ4n) is 3.15. The number of hydrogen-bond acceptors (Lipinski definition) is 4. The van der Waals surface area contributed by atoms with Crippen molar-refractivity contribution in [3.63, 3.8) is 0 Å². The summed E-state index contributed by atoms with van der Waals surface area (Å²) in [6.07, 6.45) is 19.2. The van der Waals surface area contributed by atoms with Crippen LogP contribution < -0.4 is 0 Å². The molecule has 0 spiro atoms. The predicted molar refractivity (Wildman–Crippen MR) is 120 cm³/mol. The molecule has 0 amide bonds. The topological polar surface area (TPSA) is 36.9 Å². The maximum absolute atomic E-state index is 6.35. The molecule has 0 rings (SSSR count). The molecular weight excluding hydrogens is 531 g/mol. The van der Waals surface area contributed by atoms with Crippen molar-refractivity contribution in [3.8, 4) is 0 Å². The van der Waals surface area contributed by atoms with E-state index in [-0.39, 0.29) is 0 Å². The summed E-state index contributed by atoms with van der Waals surface area (Å²) in [6.45, 7) is 11.8. The first kappa shape index (κ1) is 29.7. The van der Waals surface area contributed by atoms with Gasteiger partial charge in [0.1, 0.15) is 0 Å². The SMILES string of the molecule is CCCCCC[O][Hf]([O]CCCCCC)([O]CCCCCC)[O]CCCCCC. The zero-order valence-electron chi connectivity index (χ0n) is 20.3. The third-order valence-corrected chi connectivity index (χ3v) is 13.1. The summed E-state index contributed by atoms with van der Waals surface area (Å²) in [4.78, 5) is 0. The first-order valence-electron chi connectivity index (χ1n) is 12.8. The van der Waals surface area contributed by atoms with Gasteiger partial charge in [-0.25, -0.2) is 0 Å². The van der Waals surface area contributed by atoms with Crippen LogP contribution in [0.2, 0.25) is 0 Å². The Bertz CT molecular complexity index is 254. The van der Waals surface area contributed by atoms with Crippen LogP contribution in [0, 0.1) is 0 Å². The summed E-state index contributed by atoms with van der Waals surface area (Å²) < 4.78 is 25.4. The van der Waals surface area contributed by atoms with Gasteiger partial charge in [-0.15, -0.1) is 0 Å². The Morgan fingerprint density at radius 3 is 0.793 bits per heavy atom. The van der Waals surface area contributed by atoms with Gasteiger partial charge < -0.3 is 0 Å². The van der Waals surface area contributed by atoms with Gasteiger partial charge in [0.05, 0.1) is 0 Å². The fraction of sp³-hybridized carbons (Fsp3) is 1.00. The Morgan fingerprint density at radius 2 is 0.586 bits per heavy atom. The van der Waals surface area contributed by atoms with E-state index < -0.39 is 21.7 Å². The van der Waals surface area contributed by atoms with Crippen molar-refractivity contribution in [2.45, 2.75) is 130 Å². The molecule has 0 N–H and O–H groups in total. The van der Waals surface area contributed by atoms with Crippen LogP contribution in [0.15, 0.2) is 0 Å². The van der Waals surface area contributed by atoms with Crippen LogP contribution in [-0.2, 0) is 33.1 Å². The van der Waals surface area contributed by atoms with Gasteiger partial charge in [0, 0.05) is 0 Å². The summed E-state index contributed by atoms with van der Waals surface area (Å²) in [7, 11) is 0. The summed E-state index contributed by atoms with van der Waals surface area (Å²) in [5.74, 6) is 0. The zero-order valence-corrected chi connectivity index (χ0v) is 23.9. The molecule has 0 bridgehead atoms. The monoisotopic (exact) mass is 584 g/mol. The molecule has 0 aliphatic carbocycles. The van der Waals surface area contributed by atoms with Gasteiger partial charge in [0.25, 0.3) is 0 Å². The second-order valence-electron chi connectivity index (χ2n) is 8.14. The molecule has 0 unspecified atom stereocenters. The first-order valence-corrected chi connectivity index (χ1v) is 18.7. The van der Waals surface area contributed by atoms with Crippen molar-refractivity contribution in [3.05, 3.63) is 0 Å². The van der Waals surface area contributed by atoms with Crippen LogP contribution >= 0.6 is 0 Å². The van der Waals surface area contributed by atoms with Crippen molar-refractivity contribution in [2.24, 2.45) is 0 Å². The number of hydrogen-bond donors (Lipinski definition) is 0. The number of unbranched alkanes of at least 4 members (excludes halogenated alkanes) is 12. The van der Waals surface area contributed by atoms with E-state index in [1.807, 2.05) is 0 Å². The molecular formula is C24H52HfO4. The molecule has 0 fully saturated rings. The normalized spacial score (nSPS) is 12.0. The molecule has 0 heterocycles. The Balaban J connectivity index is 4.69. The third-order valence-electron chi connectivity index (χ3n) is 5.11. The average Bonchev–Trinajstić information content (AvgIpc) is 2.73. The molecule has 0 aliphatic heterocycles. The molecule has 0 atom stereocenters. The molecule has 5 heteroatoms. The Morgan fingerprint density at radius 1 is 0.345 bits per heavy atom. The van der Waals surface area contributed by atoms with Gasteiger partial charge in [-0.05, 0) is 0 Å². The van der Waals surface area contributed by atoms with E-state index in [0.29, 0.717) is 0 Å². The van der Waals surface area contributed by atoms with Crippen LogP contribution in [0.25, 0.3) is 0 Å². The summed E-state index contributed by atoms with van der Waals surface area (Å²) >= 11 is -4.07. The number of rotatable bonds is 24. The van der Waals surface area contributed by atoms with Gasteiger partial charge in [-0.3, -0.25) is 0 Å². The second-order valence-corrected chi connectivity index (χ2v) is 15.9. The average molecular weight is 583 g/mol. The van der Waals surface area contributed by atoms with Crippen LogP contribution in [0.3, 0.4) is 0 Å². The van der Waals surface area contributed by atoms with Crippen molar-refractivity contribution in [1.29, 1.82) is 0 Å². The Labute approximate surface area is 189 Å². The molecule has 0 saturated carbocycles. The van der Waals surface area contributed by atoms with Crippen molar-refractivity contribution in [1.82, 2.24) is 0 Å². The van der Waals surface area contributed by atoms with E-state index in [4.69, 9.17) is 11.4 Å². The molecule has 29 heavy (non-hydrogen) atoms. The minimum atomic E-state index is -4.07. The fourth-order valence-corrected chi connectivity index (χ4v) is 10.6. The van der Waals surface area contributed by atoms with Crippen molar-refractivity contribution < 1.29 is 33.1 Å². The molecule has 0 aromatic heterocycles. The quantitative estimate of drug-likeness (QED) is 0.0849. The van der Waals surface area contributed by atoms with Gasteiger partial charge in [0.2, 0.25) is 0 Å². The van der Waals surface area contributed by atoms with Crippen LogP contribution in [-0.4, -0.2) is 26.4 Å². The molecule has 0 aromatic carbocycles. The van der Waals surface area contributed by atoms with Crippen molar-refractivity contribution in [2.75, 3.05) is 26.4 Å².